The van der Waals surface area contributed by atoms with E-state index < -0.39 is 36.4 Å². The number of hydrogen-bond donors (Lipinski definition) is 3. The first kappa shape index (κ1) is 39.8. The Morgan fingerprint density at radius 2 is 1.35 bits per heavy atom. The molecule has 0 radical (unpaired) electrons. The van der Waals surface area contributed by atoms with Crippen LogP contribution in [0.4, 0.5) is 39.5 Å². The van der Waals surface area contributed by atoms with Crippen LogP contribution in [0.15, 0.2) is 48.8 Å². The Morgan fingerprint density at radius 1 is 0.848 bits per heavy atom. The molecule has 0 spiro atoms. The fourth-order valence-corrected chi connectivity index (χ4v) is 4.10. The van der Waals surface area contributed by atoms with E-state index in [4.69, 9.17) is 39.2 Å². The average Bonchev–Trinajstić information content (AvgIpc) is 2.96. The van der Waals surface area contributed by atoms with Gasteiger partial charge < -0.3 is 24.8 Å². The highest BCUT2D eigenvalue weighted by atomic mass is 19.4. The fraction of sp³-hybridized carbons (Fsp3) is 0.500. The Hall–Kier alpha value is -4.20. The zero-order valence-electron chi connectivity index (χ0n) is 23.5. The van der Waals surface area contributed by atoms with E-state index >= 15 is 0 Å². The molecule has 4 rings (SSSR count). The molecule has 3 N–H and O–H groups in total. The van der Waals surface area contributed by atoms with Crippen molar-refractivity contribution < 1.29 is 78.7 Å². The van der Waals surface area contributed by atoms with Crippen LogP contribution < -0.4 is 4.74 Å². The van der Waals surface area contributed by atoms with Crippen LogP contribution in [0, 0.1) is 5.41 Å². The van der Waals surface area contributed by atoms with Crippen molar-refractivity contribution in [3.8, 4) is 5.88 Å². The summed E-state index contributed by atoms with van der Waals surface area (Å²) < 4.78 is 107. The third-order valence-corrected chi connectivity index (χ3v) is 6.05. The monoisotopic (exact) mass is 681 g/mol. The second-order valence-corrected chi connectivity index (χ2v) is 9.51. The highest BCUT2D eigenvalue weighted by Crippen LogP contribution is 2.40. The molecule has 2 unspecified atom stereocenters. The van der Waals surface area contributed by atoms with E-state index in [0.29, 0.717) is 12.5 Å². The van der Waals surface area contributed by atoms with Crippen molar-refractivity contribution >= 4 is 17.9 Å². The molecule has 2 aromatic rings. The Bertz CT molecular complexity index is 1180. The summed E-state index contributed by atoms with van der Waals surface area (Å²) in [6.07, 6.45) is -8.03. The van der Waals surface area contributed by atoms with Crippen molar-refractivity contribution in [2.24, 2.45) is 5.41 Å². The lowest BCUT2D eigenvalue weighted by Crippen LogP contribution is -2.57. The zero-order valence-corrected chi connectivity index (χ0v) is 23.5. The minimum absolute atomic E-state index is 0.0444. The molecule has 0 amide bonds. The van der Waals surface area contributed by atoms with Crippen molar-refractivity contribution in [3.05, 3.63) is 54.5 Å². The zero-order chi connectivity index (χ0) is 35.2. The van der Waals surface area contributed by atoms with Gasteiger partial charge in [0.05, 0.1) is 18.4 Å². The minimum Gasteiger partial charge on any atom is -0.477 e. The summed E-state index contributed by atoms with van der Waals surface area (Å²) in [5.74, 6) is -7.57. The number of halogens is 9. The second-order valence-electron chi connectivity index (χ2n) is 9.51. The molecule has 258 valence electrons. The lowest BCUT2D eigenvalue weighted by Gasteiger charge is -2.50. The van der Waals surface area contributed by atoms with E-state index in [1.54, 1.807) is 6.20 Å². The van der Waals surface area contributed by atoms with Crippen molar-refractivity contribution in [2.45, 2.75) is 50.4 Å². The highest BCUT2D eigenvalue weighted by molar-refractivity contribution is 5.73. The lowest BCUT2D eigenvalue weighted by molar-refractivity contribution is -0.193. The van der Waals surface area contributed by atoms with Gasteiger partial charge in [-0.15, -0.1) is 0 Å². The number of fused-ring (bicyclic) bond motifs is 1. The normalized spacial score (nSPS) is 19.7. The number of piperidine rings is 1. The fourth-order valence-electron chi connectivity index (χ4n) is 4.10. The van der Waals surface area contributed by atoms with Crippen molar-refractivity contribution in [1.29, 1.82) is 0 Å². The van der Waals surface area contributed by atoms with Crippen LogP contribution in [0.2, 0.25) is 0 Å². The maximum absolute atomic E-state index is 10.6. The summed E-state index contributed by atoms with van der Waals surface area (Å²) in [5.41, 5.74) is 1.17. The highest BCUT2D eigenvalue weighted by Gasteiger charge is 2.47. The molecule has 11 nitrogen and oxygen atoms in total. The number of alkyl halides is 9. The van der Waals surface area contributed by atoms with Gasteiger partial charge in [0.25, 0.3) is 0 Å². The van der Waals surface area contributed by atoms with Crippen LogP contribution in [-0.2, 0) is 25.7 Å². The molecule has 20 heteroatoms. The van der Waals surface area contributed by atoms with E-state index in [1.165, 1.54) is 0 Å². The van der Waals surface area contributed by atoms with E-state index in [9.17, 15) is 39.5 Å². The van der Waals surface area contributed by atoms with Crippen molar-refractivity contribution in [1.82, 2.24) is 14.9 Å². The molecular formula is C26H28F9N3O8. The quantitative estimate of drug-likeness (QED) is 0.371. The predicted molar refractivity (Wildman–Crippen MR) is 136 cm³/mol. The Labute approximate surface area is 254 Å². The summed E-state index contributed by atoms with van der Waals surface area (Å²) in [4.78, 5) is 38.0. The smallest absolute Gasteiger partial charge is 0.477 e. The molecule has 2 aliphatic heterocycles. The molecule has 2 atom stereocenters. The van der Waals surface area contributed by atoms with E-state index in [0.717, 1.165) is 51.2 Å². The minimum atomic E-state index is -5.08. The molecule has 0 saturated carbocycles. The van der Waals surface area contributed by atoms with Gasteiger partial charge in [0.2, 0.25) is 5.88 Å². The van der Waals surface area contributed by atoms with Crippen LogP contribution >= 0.6 is 0 Å². The summed E-state index contributed by atoms with van der Waals surface area (Å²) in [6, 6.07) is 11.9. The lowest BCUT2D eigenvalue weighted by atomic mass is 9.73. The Balaban J connectivity index is 0.000000413. The maximum atomic E-state index is 10.6. The Morgan fingerprint density at radius 3 is 1.78 bits per heavy atom. The van der Waals surface area contributed by atoms with Gasteiger partial charge in [-0.25, -0.2) is 19.4 Å². The molecule has 2 saturated heterocycles. The number of pyridine rings is 2. The average molecular weight is 682 g/mol. The third-order valence-electron chi connectivity index (χ3n) is 6.05. The van der Waals surface area contributed by atoms with Crippen molar-refractivity contribution in [2.75, 3.05) is 26.3 Å². The summed E-state index contributed by atoms with van der Waals surface area (Å²) >= 11 is 0. The van der Waals surface area contributed by atoms with Gasteiger partial charge in [-0.3, -0.25) is 9.88 Å². The van der Waals surface area contributed by atoms with Gasteiger partial charge in [-0.05, 0) is 37.5 Å². The van der Waals surface area contributed by atoms with Crippen LogP contribution in [0.1, 0.15) is 25.0 Å². The first-order valence-corrected chi connectivity index (χ1v) is 12.9. The molecule has 2 aromatic heterocycles. The standard InChI is InChI=1S/C20H25N3O2.3C2HF3O2/c1-3-10-21-17(6-1)14-23-12-8-18-20(15-23,9-5-13-24-18)16-25-19-7-2-4-11-22-19;3*3-2(4,5)1(6)7/h1-4,6-7,10-11,18H,5,8-9,12-16H2;3*(H,6,7). The van der Waals surface area contributed by atoms with Gasteiger partial charge in [0.15, 0.2) is 0 Å². The largest absolute Gasteiger partial charge is 0.490 e. The molecule has 46 heavy (non-hydrogen) atoms. The number of rotatable bonds is 5. The van der Waals surface area contributed by atoms with Gasteiger partial charge in [-0.1, -0.05) is 12.1 Å². The second kappa shape index (κ2) is 17.5. The number of nitrogens with zero attached hydrogens (tertiary/aromatic N) is 3. The molecule has 0 aromatic carbocycles. The van der Waals surface area contributed by atoms with Crippen LogP contribution in [0.5, 0.6) is 5.88 Å². The third kappa shape index (κ3) is 14.7. The number of aromatic nitrogens is 2. The predicted octanol–water partition coefficient (Wildman–Crippen LogP) is 4.83. The van der Waals surface area contributed by atoms with Crippen molar-refractivity contribution in [3.63, 3.8) is 0 Å². The topological polar surface area (TPSA) is 159 Å². The van der Waals surface area contributed by atoms with Gasteiger partial charge in [0, 0.05) is 50.1 Å². The maximum Gasteiger partial charge on any atom is 0.490 e. The van der Waals surface area contributed by atoms with Gasteiger partial charge in [-0.2, -0.15) is 39.5 Å². The molecule has 4 heterocycles. The first-order chi connectivity index (χ1) is 21.2. The summed E-state index contributed by atoms with van der Waals surface area (Å²) in [5, 5.41) is 21.4. The summed E-state index contributed by atoms with van der Waals surface area (Å²) in [7, 11) is 0. The van der Waals surface area contributed by atoms with Crippen LogP contribution in [0.25, 0.3) is 0 Å². The molecule has 2 aliphatic rings. The van der Waals surface area contributed by atoms with E-state index in [-0.39, 0.29) is 11.5 Å². The number of carboxylic acids is 3. The van der Waals surface area contributed by atoms with Gasteiger partial charge >= 0.3 is 36.4 Å². The molecule has 0 aliphatic carbocycles. The Kier molecular flexibility index (Phi) is 15.1. The number of carboxylic acid groups (broad SMARTS) is 3. The number of carbonyl (C=O) groups is 3. The number of ether oxygens (including phenoxy) is 2. The van der Waals surface area contributed by atoms with Crippen LogP contribution in [-0.4, -0.2) is 99.0 Å². The number of likely N-dealkylation sites (tertiary alicyclic amines) is 1. The van der Waals surface area contributed by atoms with E-state index in [2.05, 4.69) is 27.0 Å². The first-order valence-electron chi connectivity index (χ1n) is 12.9. The molecule has 0 bridgehead atoms. The van der Waals surface area contributed by atoms with Gasteiger partial charge in [0.1, 0.15) is 0 Å². The summed E-state index contributed by atoms with van der Waals surface area (Å²) in [6.45, 7) is 4.45. The van der Waals surface area contributed by atoms with E-state index in [1.807, 2.05) is 30.5 Å². The number of hydrogen-bond acceptors (Lipinski definition) is 8. The van der Waals surface area contributed by atoms with Crippen LogP contribution in [0.3, 0.4) is 0 Å². The number of aliphatic carboxylic acids is 3. The molecule has 2 fully saturated rings. The SMILES string of the molecule is O=C(O)C(F)(F)F.O=C(O)C(F)(F)F.O=C(O)C(F)(F)F.c1ccc(CN2CCC3OCCCC3(COc3ccccn3)C2)nc1. The molecular weight excluding hydrogens is 653 g/mol.